The second kappa shape index (κ2) is 12.1. The largest absolute Gasteiger partial charge is 0.497 e. The zero-order chi connectivity index (χ0) is 22.9. The smallest absolute Gasteiger partial charge is 0.247 e. The lowest BCUT2D eigenvalue weighted by Crippen LogP contribution is -2.48. The van der Waals surface area contributed by atoms with Gasteiger partial charge in [0.2, 0.25) is 11.8 Å². The van der Waals surface area contributed by atoms with E-state index in [-0.39, 0.29) is 23.7 Å². The monoisotopic (exact) mass is 476 g/mol. The average molecular weight is 477 g/mol. The molecule has 0 radical (unpaired) electrons. The number of halogens is 2. The summed E-state index contributed by atoms with van der Waals surface area (Å²) in [4.78, 5) is 28.0. The standard InChI is InChI=1S/C25H30Cl2N2O3/c1-32-21-13-11-19(12-14-21)24(25(31)28-20-8-3-2-4-9-20)29(23(30)17-26)16-15-18-7-5-6-10-22(18)27/h5-7,10-14,20,24H,2-4,8-9,15-17H2,1H3,(H,28,31)/t24-/m0/s1. The van der Waals surface area contributed by atoms with Gasteiger partial charge in [-0.25, -0.2) is 0 Å². The maximum atomic E-state index is 13.5. The van der Waals surface area contributed by atoms with Crippen molar-refractivity contribution in [1.82, 2.24) is 10.2 Å². The minimum Gasteiger partial charge on any atom is -0.497 e. The Morgan fingerprint density at radius 1 is 1.09 bits per heavy atom. The van der Waals surface area contributed by atoms with Gasteiger partial charge in [0.15, 0.2) is 0 Å². The molecule has 1 atom stereocenters. The number of carbonyl (C=O) groups excluding carboxylic acids is 2. The van der Waals surface area contributed by atoms with Gasteiger partial charge in [0.25, 0.3) is 0 Å². The van der Waals surface area contributed by atoms with Gasteiger partial charge in [-0.15, -0.1) is 11.6 Å². The van der Waals surface area contributed by atoms with E-state index in [1.54, 1.807) is 24.1 Å². The topological polar surface area (TPSA) is 58.6 Å². The highest BCUT2D eigenvalue weighted by atomic mass is 35.5. The molecule has 172 valence electrons. The van der Waals surface area contributed by atoms with Gasteiger partial charge < -0.3 is 15.0 Å². The van der Waals surface area contributed by atoms with Crippen LogP contribution in [0.15, 0.2) is 48.5 Å². The molecule has 0 heterocycles. The van der Waals surface area contributed by atoms with Crippen LogP contribution in [0.5, 0.6) is 5.75 Å². The maximum Gasteiger partial charge on any atom is 0.247 e. The van der Waals surface area contributed by atoms with E-state index in [2.05, 4.69) is 5.32 Å². The van der Waals surface area contributed by atoms with Gasteiger partial charge in [-0.2, -0.15) is 0 Å². The molecule has 0 saturated heterocycles. The Hall–Kier alpha value is -2.24. The molecule has 2 aromatic rings. The van der Waals surface area contributed by atoms with Crippen LogP contribution in [0, 0.1) is 0 Å². The first-order chi connectivity index (χ1) is 15.5. The summed E-state index contributed by atoms with van der Waals surface area (Å²) in [6.45, 7) is 0.323. The quantitative estimate of drug-likeness (QED) is 0.509. The van der Waals surface area contributed by atoms with Crippen molar-refractivity contribution in [2.75, 3.05) is 19.5 Å². The Bertz CT molecular complexity index is 898. The molecule has 0 bridgehead atoms. The van der Waals surface area contributed by atoms with Crippen LogP contribution < -0.4 is 10.1 Å². The van der Waals surface area contributed by atoms with E-state index in [1.807, 2.05) is 36.4 Å². The van der Waals surface area contributed by atoms with E-state index in [4.69, 9.17) is 27.9 Å². The summed E-state index contributed by atoms with van der Waals surface area (Å²) < 4.78 is 5.26. The first kappa shape index (κ1) is 24.4. The fraction of sp³-hybridized carbons (Fsp3) is 0.440. The summed E-state index contributed by atoms with van der Waals surface area (Å²) in [5.74, 6) is 0.0100. The fourth-order valence-electron chi connectivity index (χ4n) is 4.20. The second-order valence-electron chi connectivity index (χ2n) is 8.08. The third kappa shape index (κ3) is 6.39. The Morgan fingerprint density at radius 2 is 1.78 bits per heavy atom. The number of rotatable bonds is 9. The molecule has 32 heavy (non-hydrogen) atoms. The molecule has 5 nitrogen and oxygen atoms in total. The first-order valence-corrected chi connectivity index (χ1v) is 12.0. The van der Waals surface area contributed by atoms with Gasteiger partial charge in [0.1, 0.15) is 17.7 Å². The Labute approximate surface area is 200 Å². The van der Waals surface area contributed by atoms with Gasteiger partial charge in [-0.3, -0.25) is 9.59 Å². The second-order valence-corrected chi connectivity index (χ2v) is 8.76. The fourth-order valence-corrected chi connectivity index (χ4v) is 4.59. The van der Waals surface area contributed by atoms with Crippen molar-refractivity contribution in [2.45, 2.75) is 50.6 Å². The lowest BCUT2D eigenvalue weighted by Gasteiger charge is -2.33. The number of alkyl halides is 1. The predicted octanol–water partition coefficient (Wildman–Crippen LogP) is 5.15. The van der Waals surface area contributed by atoms with Crippen LogP contribution in [0.3, 0.4) is 0 Å². The number of methoxy groups -OCH3 is 1. The zero-order valence-electron chi connectivity index (χ0n) is 18.4. The van der Waals surface area contributed by atoms with Crippen molar-refractivity contribution >= 4 is 35.0 Å². The van der Waals surface area contributed by atoms with E-state index in [1.165, 1.54) is 6.42 Å². The van der Waals surface area contributed by atoms with Gasteiger partial charge in [0.05, 0.1) is 7.11 Å². The van der Waals surface area contributed by atoms with Crippen molar-refractivity contribution < 1.29 is 14.3 Å². The summed E-state index contributed by atoms with van der Waals surface area (Å²) in [5, 5.41) is 3.82. The molecule has 0 unspecified atom stereocenters. The molecule has 3 rings (SSSR count). The van der Waals surface area contributed by atoms with E-state index in [0.29, 0.717) is 23.7 Å². The zero-order valence-corrected chi connectivity index (χ0v) is 19.9. The first-order valence-electron chi connectivity index (χ1n) is 11.1. The Balaban J connectivity index is 1.89. The molecule has 1 aliphatic rings. The molecule has 0 aliphatic heterocycles. The van der Waals surface area contributed by atoms with E-state index in [0.717, 1.165) is 36.8 Å². The van der Waals surface area contributed by atoms with Crippen molar-refractivity contribution in [3.05, 3.63) is 64.7 Å². The number of nitrogens with one attached hydrogen (secondary N) is 1. The summed E-state index contributed by atoms with van der Waals surface area (Å²) >= 11 is 12.3. The number of ether oxygens (including phenoxy) is 1. The highest BCUT2D eigenvalue weighted by molar-refractivity contribution is 6.31. The van der Waals surface area contributed by atoms with E-state index < -0.39 is 6.04 Å². The van der Waals surface area contributed by atoms with Crippen molar-refractivity contribution in [2.24, 2.45) is 0 Å². The maximum absolute atomic E-state index is 13.5. The molecule has 7 heteroatoms. The average Bonchev–Trinajstić information content (AvgIpc) is 2.83. The molecule has 1 saturated carbocycles. The van der Waals surface area contributed by atoms with Crippen LogP contribution in [0.4, 0.5) is 0 Å². The Morgan fingerprint density at radius 3 is 2.41 bits per heavy atom. The molecule has 2 aromatic carbocycles. The highest BCUT2D eigenvalue weighted by Gasteiger charge is 2.32. The van der Waals surface area contributed by atoms with Crippen LogP contribution in [0.25, 0.3) is 0 Å². The molecule has 1 N–H and O–H groups in total. The van der Waals surface area contributed by atoms with E-state index >= 15 is 0 Å². The van der Waals surface area contributed by atoms with Gasteiger partial charge in [0, 0.05) is 17.6 Å². The number of nitrogens with zero attached hydrogens (tertiary/aromatic N) is 1. The number of benzene rings is 2. The molecule has 1 aliphatic carbocycles. The van der Waals surface area contributed by atoms with Crippen molar-refractivity contribution in [1.29, 1.82) is 0 Å². The van der Waals surface area contributed by atoms with Crippen LogP contribution in [0.1, 0.15) is 49.3 Å². The number of hydrogen-bond acceptors (Lipinski definition) is 3. The minimum absolute atomic E-state index is 0.133. The van der Waals surface area contributed by atoms with Crippen molar-refractivity contribution in [3.63, 3.8) is 0 Å². The number of amides is 2. The van der Waals surface area contributed by atoms with Crippen LogP contribution >= 0.6 is 23.2 Å². The summed E-state index contributed by atoms with van der Waals surface area (Å²) in [6.07, 6.45) is 5.85. The predicted molar refractivity (Wildman–Crippen MR) is 128 cm³/mol. The van der Waals surface area contributed by atoms with Crippen LogP contribution in [-0.2, 0) is 16.0 Å². The van der Waals surface area contributed by atoms with Crippen molar-refractivity contribution in [3.8, 4) is 5.75 Å². The molecular formula is C25H30Cl2N2O3. The molecule has 2 amide bonds. The summed E-state index contributed by atoms with van der Waals surface area (Å²) in [6, 6.07) is 14.1. The third-order valence-electron chi connectivity index (χ3n) is 5.96. The SMILES string of the molecule is COc1ccc([C@@H](C(=O)NC2CCCCC2)N(CCc2ccccc2Cl)C(=O)CCl)cc1. The lowest BCUT2D eigenvalue weighted by molar-refractivity contribution is -0.139. The van der Waals surface area contributed by atoms with Crippen LogP contribution in [0.2, 0.25) is 5.02 Å². The normalized spacial score (nSPS) is 15.1. The molecule has 1 fully saturated rings. The van der Waals surface area contributed by atoms with Gasteiger partial charge in [-0.1, -0.05) is 61.2 Å². The van der Waals surface area contributed by atoms with Crippen LogP contribution in [-0.4, -0.2) is 42.3 Å². The molecule has 0 aromatic heterocycles. The minimum atomic E-state index is -0.781. The third-order valence-corrected chi connectivity index (χ3v) is 6.56. The highest BCUT2D eigenvalue weighted by Crippen LogP contribution is 2.27. The van der Waals surface area contributed by atoms with E-state index in [9.17, 15) is 9.59 Å². The van der Waals surface area contributed by atoms with Gasteiger partial charge >= 0.3 is 0 Å². The Kier molecular flexibility index (Phi) is 9.24. The lowest BCUT2D eigenvalue weighted by atomic mass is 9.94. The molecule has 0 spiro atoms. The number of carbonyl (C=O) groups is 2. The van der Waals surface area contributed by atoms with Gasteiger partial charge in [-0.05, 0) is 48.6 Å². The number of hydrogen-bond donors (Lipinski definition) is 1. The summed E-state index contributed by atoms with van der Waals surface area (Å²) in [7, 11) is 1.59. The summed E-state index contributed by atoms with van der Waals surface area (Å²) in [5.41, 5.74) is 1.64. The molecular weight excluding hydrogens is 447 g/mol.